The van der Waals surface area contributed by atoms with Crippen molar-refractivity contribution >= 4 is 10.0 Å². The Morgan fingerprint density at radius 2 is 2.10 bits per heavy atom. The monoisotopic (exact) mass is 305 g/mol. The third kappa shape index (κ3) is 3.88. The molecule has 0 radical (unpaired) electrons. The second-order valence-electron chi connectivity index (χ2n) is 4.24. The number of aromatic nitrogens is 3. The zero-order valence-corrected chi connectivity index (χ0v) is 12.2. The van der Waals surface area contributed by atoms with E-state index in [0.717, 1.165) is 0 Å². The molecule has 110 valence electrons. The van der Waals surface area contributed by atoms with E-state index in [1.807, 2.05) is 0 Å². The van der Waals surface area contributed by atoms with Crippen LogP contribution in [0.5, 0.6) is 0 Å². The number of aromatic amines is 1. The van der Waals surface area contributed by atoms with Gasteiger partial charge in [0.15, 0.2) is 0 Å². The molecule has 4 N–H and O–H groups in total. The van der Waals surface area contributed by atoms with Crippen LogP contribution in [0.25, 0.3) is 0 Å². The molecule has 8 heteroatoms. The van der Waals surface area contributed by atoms with Gasteiger partial charge in [0.05, 0.1) is 17.5 Å². The van der Waals surface area contributed by atoms with Crippen molar-refractivity contribution in [1.29, 1.82) is 0 Å². The number of sulfonamides is 1. The third-order valence-corrected chi connectivity index (χ3v) is 4.23. The van der Waals surface area contributed by atoms with Crippen LogP contribution in [-0.2, 0) is 10.0 Å². The van der Waals surface area contributed by atoms with Crippen LogP contribution in [0.2, 0.25) is 0 Å². The van der Waals surface area contributed by atoms with Gasteiger partial charge in [-0.2, -0.15) is 5.10 Å². The number of nitrogens with zero attached hydrogens (tertiary/aromatic N) is 2. The van der Waals surface area contributed by atoms with E-state index in [1.165, 1.54) is 18.5 Å². The molecular weight excluding hydrogens is 290 g/mol. The summed E-state index contributed by atoms with van der Waals surface area (Å²) in [6.07, 6.45) is 1.32. The Bertz CT molecular complexity index is 742. The molecule has 0 saturated carbocycles. The van der Waals surface area contributed by atoms with Crippen LogP contribution in [0.1, 0.15) is 24.4 Å². The minimum atomic E-state index is -3.63. The summed E-state index contributed by atoms with van der Waals surface area (Å²) in [5, 5.41) is 6.31. The van der Waals surface area contributed by atoms with Crippen molar-refractivity contribution in [2.24, 2.45) is 5.73 Å². The average molecular weight is 305 g/mol. The van der Waals surface area contributed by atoms with Gasteiger partial charge in [-0.25, -0.2) is 18.1 Å². The van der Waals surface area contributed by atoms with E-state index >= 15 is 0 Å². The van der Waals surface area contributed by atoms with Gasteiger partial charge in [-0.1, -0.05) is 11.8 Å². The smallest absolute Gasteiger partial charge is 0.241 e. The van der Waals surface area contributed by atoms with E-state index in [1.54, 1.807) is 19.1 Å². The Labute approximate surface area is 123 Å². The molecule has 21 heavy (non-hydrogen) atoms. The van der Waals surface area contributed by atoms with Gasteiger partial charge in [0.1, 0.15) is 12.2 Å². The lowest BCUT2D eigenvalue weighted by molar-refractivity contribution is 0.560. The molecule has 0 saturated heterocycles. The van der Waals surface area contributed by atoms with Gasteiger partial charge in [-0.3, -0.25) is 5.10 Å². The molecule has 0 spiro atoms. The van der Waals surface area contributed by atoms with E-state index < -0.39 is 16.1 Å². The molecule has 0 amide bonds. The van der Waals surface area contributed by atoms with Gasteiger partial charge in [-0.15, -0.1) is 0 Å². The highest BCUT2D eigenvalue weighted by Crippen LogP contribution is 2.14. The van der Waals surface area contributed by atoms with E-state index in [0.29, 0.717) is 11.4 Å². The molecule has 7 nitrogen and oxygen atoms in total. The van der Waals surface area contributed by atoms with E-state index in [2.05, 4.69) is 31.7 Å². The fraction of sp³-hybridized carbons (Fsp3) is 0.231. The van der Waals surface area contributed by atoms with Crippen molar-refractivity contribution in [2.75, 3.05) is 6.54 Å². The predicted molar refractivity (Wildman–Crippen MR) is 77.5 cm³/mol. The summed E-state index contributed by atoms with van der Waals surface area (Å²) < 4.78 is 27.0. The Morgan fingerprint density at radius 3 is 2.67 bits per heavy atom. The van der Waals surface area contributed by atoms with Crippen LogP contribution in [0.4, 0.5) is 0 Å². The maximum atomic E-state index is 12.2. The maximum absolute atomic E-state index is 12.2. The number of nitrogens with one attached hydrogen (secondary N) is 2. The highest BCUT2D eigenvalue weighted by atomic mass is 32.2. The summed E-state index contributed by atoms with van der Waals surface area (Å²) in [5.41, 5.74) is 5.99. The number of hydrogen-bond acceptors (Lipinski definition) is 5. The first-order chi connectivity index (χ1) is 10.0. The Morgan fingerprint density at radius 1 is 1.38 bits per heavy atom. The minimum absolute atomic E-state index is 0.159. The molecule has 1 heterocycles. The molecule has 1 aromatic heterocycles. The van der Waals surface area contributed by atoms with Gasteiger partial charge in [0.2, 0.25) is 10.0 Å². The molecular formula is C13H15N5O2S. The Balaban J connectivity index is 2.16. The lowest BCUT2D eigenvalue weighted by Gasteiger charge is -2.11. The lowest BCUT2D eigenvalue weighted by Crippen LogP contribution is -2.27. The summed E-state index contributed by atoms with van der Waals surface area (Å²) in [7, 11) is -3.63. The third-order valence-electron chi connectivity index (χ3n) is 2.68. The van der Waals surface area contributed by atoms with Crippen molar-refractivity contribution in [3.63, 3.8) is 0 Å². The fourth-order valence-corrected chi connectivity index (χ4v) is 2.86. The van der Waals surface area contributed by atoms with Gasteiger partial charge in [-0.05, 0) is 31.2 Å². The Hall–Kier alpha value is -2.21. The molecule has 0 aliphatic carbocycles. The molecule has 0 bridgehead atoms. The van der Waals surface area contributed by atoms with Crippen LogP contribution in [0.15, 0.2) is 35.5 Å². The Kier molecular flexibility index (Phi) is 4.70. The highest BCUT2D eigenvalue weighted by molar-refractivity contribution is 7.89. The second-order valence-corrected chi connectivity index (χ2v) is 5.96. The number of nitrogens with two attached hydrogens (primary N) is 1. The molecule has 1 aromatic carbocycles. The summed E-state index contributed by atoms with van der Waals surface area (Å²) in [6, 6.07) is 5.76. The van der Waals surface area contributed by atoms with Crippen molar-refractivity contribution in [2.45, 2.75) is 17.9 Å². The fourth-order valence-electron chi connectivity index (χ4n) is 1.65. The van der Waals surface area contributed by atoms with Crippen molar-refractivity contribution in [3.8, 4) is 11.8 Å². The minimum Gasteiger partial charge on any atom is -0.320 e. The molecule has 2 rings (SSSR count). The first kappa shape index (κ1) is 15.2. The van der Waals surface area contributed by atoms with Crippen molar-refractivity contribution in [1.82, 2.24) is 19.9 Å². The SMILES string of the molecule is CC(NS(=O)(=O)c1ccc(C#CCN)cc1)c1ncn[nH]1. The first-order valence-electron chi connectivity index (χ1n) is 6.19. The second kappa shape index (κ2) is 6.49. The zero-order chi connectivity index (χ0) is 15.3. The number of H-pyrrole nitrogens is 1. The summed E-state index contributed by atoms with van der Waals surface area (Å²) in [5.74, 6) is 5.99. The van der Waals surface area contributed by atoms with E-state index in [-0.39, 0.29) is 11.4 Å². The lowest BCUT2D eigenvalue weighted by atomic mass is 10.2. The summed E-state index contributed by atoms with van der Waals surface area (Å²) in [6.45, 7) is 1.94. The van der Waals surface area contributed by atoms with Crippen molar-refractivity contribution < 1.29 is 8.42 Å². The van der Waals surface area contributed by atoms with Gasteiger partial charge >= 0.3 is 0 Å². The first-order valence-corrected chi connectivity index (χ1v) is 7.68. The predicted octanol–water partition coefficient (Wildman–Crippen LogP) is 0.154. The summed E-state index contributed by atoms with van der Waals surface area (Å²) >= 11 is 0. The van der Waals surface area contributed by atoms with E-state index in [9.17, 15) is 8.42 Å². The maximum Gasteiger partial charge on any atom is 0.241 e. The van der Waals surface area contributed by atoms with Crippen LogP contribution >= 0.6 is 0 Å². The molecule has 0 aliphatic heterocycles. The number of benzene rings is 1. The quantitative estimate of drug-likeness (QED) is 0.696. The number of hydrogen-bond donors (Lipinski definition) is 3. The molecule has 0 fully saturated rings. The van der Waals surface area contributed by atoms with Crippen molar-refractivity contribution in [3.05, 3.63) is 42.0 Å². The van der Waals surface area contributed by atoms with Gasteiger partial charge < -0.3 is 5.73 Å². The van der Waals surface area contributed by atoms with Gasteiger partial charge in [0.25, 0.3) is 0 Å². The van der Waals surface area contributed by atoms with Crippen LogP contribution < -0.4 is 10.5 Å². The molecule has 0 aliphatic rings. The topological polar surface area (TPSA) is 114 Å². The normalized spacial score (nSPS) is 12.5. The number of rotatable bonds is 4. The molecule has 1 atom stereocenters. The largest absolute Gasteiger partial charge is 0.320 e. The highest BCUT2D eigenvalue weighted by Gasteiger charge is 2.19. The van der Waals surface area contributed by atoms with Crippen LogP contribution in [-0.4, -0.2) is 30.1 Å². The van der Waals surface area contributed by atoms with Gasteiger partial charge in [0, 0.05) is 5.56 Å². The summed E-state index contributed by atoms with van der Waals surface area (Å²) in [4.78, 5) is 4.08. The van der Waals surface area contributed by atoms with Crippen LogP contribution in [0.3, 0.4) is 0 Å². The molecule has 1 unspecified atom stereocenters. The van der Waals surface area contributed by atoms with E-state index in [4.69, 9.17) is 5.73 Å². The molecule has 2 aromatic rings. The standard InChI is InChI=1S/C13H15N5O2S/c1-10(13-15-9-16-17-13)18-21(19,20)12-6-4-11(5-7-12)3-2-8-14/h4-7,9-10,18H,8,14H2,1H3,(H,15,16,17). The average Bonchev–Trinajstić information content (AvgIpc) is 2.99. The zero-order valence-electron chi connectivity index (χ0n) is 11.4. The van der Waals surface area contributed by atoms with Crippen LogP contribution in [0, 0.1) is 11.8 Å².